The molecule has 1 aliphatic heterocycles. The molecule has 0 spiro atoms. The van der Waals surface area contributed by atoms with Crippen molar-refractivity contribution in [1.29, 1.82) is 0 Å². The molecular weight excluding hydrogens is 389 g/mol. The van der Waals surface area contributed by atoms with Crippen LogP contribution in [0.15, 0.2) is 15.4 Å². The second-order valence-corrected chi connectivity index (χ2v) is 7.39. The quantitative estimate of drug-likeness (QED) is 0.527. The molecule has 1 saturated heterocycles. The van der Waals surface area contributed by atoms with E-state index in [1.54, 1.807) is 0 Å². The van der Waals surface area contributed by atoms with Crippen LogP contribution in [0.2, 0.25) is 5.02 Å². The number of amides is 1. The Labute approximate surface area is 134 Å². The summed E-state index contributed by atoms with van der Waals surface area (Å²) >= 11 is 8.77. The smallest absolute Gasteiger partial charge is 0.244 e. The van der Waals surface area contributed by atoms with Crippen LogP contribution in [-0.4, -0.2) is 26.9 Å². The summed E-state index contributed by atoms with van der Waals surface area (Å²) in [5, 5.41) is 2.50. The number of sulfonamides is 1. The minimum atomic E-state index is -4.26. The van der Waals surface area contributed by atoms with Crippen molar-refractivity contribution in [3.8, 4) is 0 Å². The molecule has 6 nitrogen and oxygen atoms in total. The van der Waals surface area contributed by atoms with Gasteiger partial charge in [0, 0.05) is 6.54 Å². The number of benzene rings is 1. The molecule has 1 fully saturated rings. The highest BCUT2D eigenvalue weighted by molar-refractivity contribution is 9.10. The lowest BCUT2D eigenvalue weighted by atomic mass is 10.1. The fraction of sp³-hybridized carbons (Fsp3) is 0.364. The van der Waals surface area contributed by atoms with E-state index < -0.39 is 38.4 Å². The van der Waals surface area contributed by atoms with Crippen LogP contribution in [-0.2, 0) is 14.8 Å². The average molecular weight is 401 g/mol. The first-order valence-electron chi connectivity index (χ1n) is 5.97. The molecule has 0 aromatic heterocycles. The molecule has 2 rings (SSSR count). The van der Waals surface area contributed by atoms with Crippen molar-refractivity contribution in [1.82, 2.24) is 10.0 Å². The van der Waals surface area contributed by atoms with Crippen LogP contribution in [0.1, 0.15) is 12.8 Å². The highest BCUT2D eigenvalue weighted by atomic mass is 79.9. The molecule has 10 heteroatoms. The summed E-state index contributed by atoms with van der Waals surface area (Å²) < 4.78 is 40.7. The normalized spacial score (nSPS) is 19.4. The Bertz CT molecular complexity index is 698. The van der Waals surface area contributed by atoms with Gasteiger partial charge in [-0.2, -0.15) is 4.72 Å². The highest BCUT2D eigenvalue weighted by Crippen LogP contribution is 2.34. The number of carbonyl (C=O) groups is 1. The summed E-state index contributed by atoms with van der Waals surface area (Å²) in [7, 11) is -4.26. The van der Waals surface area contributed by atoms with Gasteiger partial charge in [-0.15, -0.1) is 0 Å². The molecule has 0 saturated carbocycles. The number of halogens is 3. The van der Waals surface area contributed by atoms with Crippen LogP contribution in [0.3, 0.4) is 0 Å². The number of anilines is 1. The van der Waals surface area contributed by atoms with Gasteiger partial charge in [0.25, 0.3) is 0 Å². The first kappa shape index (κ1) is 16.5. The molecule has 1 amide bonds. The number of hydrogen-bond donors (Lipinski definition) is 3. The fourth-order valence-corrected chi connectivity index (χ4v) is 3.84. The lowest BCUT2D eigenvalue weighted by molar-refractivity contribution is -0.124. The van der Waals surface area contributed by atoms with Crippen molar-refractivity contribution in [2.75, 3.05) is 12.3 Å². The Morgan fingerprint density at radius 3 is 2.81 bits per heavy atom. The van der Waals surface area contributed by atoms with Gasteiger partial charge in [0.1, 0.15) is 10.9 Å². The van der Waals surface area contributed by atoms with E-state index in [2.05, 4.69) is 26.0 Å². The van der Waals surface area contributed by atoms with Crippen LogP contribution in [0.5, 0.6) is 0 Å². The second-order valence-electron chi connectivity index (χ2n) is 4.51. The van der Waals surface area contributed by atoms with E-state index in [4.69, 9.17) is 17.3 Å². The van der Waals surface area contributed by atoms with Crippen molar-refractivity contribution in [2.24, 2.45) is 0 Å². The SMILES string of the molecule is Nc1c(F)c(S(=O)(=O)NC2CCCNC2=O)cc(Cl)c1Br. The van der Waals surface area contributed by atoms with E-state index in [1.165, 1.54) is 0 Å². The van der Waals surface area contributed by atoms with Crippen molar-refractivity contribution >= 4 is 49.1 Å². The molecular formula is C11H12BrClFN3O3S. The number of rotatable bonds is 3. The Hall–Kier alpha value is -0.900. The molecule has 1 heterocycles. The molecule has 0 bridgehead atoms. The lowest BCUT2D eigenvalue weighted by Crippen LogP contribution is -2.50. The van der Waals surface area contributed by atoms with Crippen molar-refractivity contribution in [2.45, 2.75) is 23.8 Å². The summed E-state index contributed by atoms with van der Waals surface area (Å²) in [6, 6.07) is 0.00669. The van der Waals surface area contributed by atoms with Gasteiger partial charge in [0.15, 0.2) is 5.82 Å². The zero-order valence-electron chi connectivity index (χ0n) is 10.6. The minimum absolute atomic E-state index is 0.0395. The Balaban J connectivity index is 2.38. The number of nitrogen functional groups attached to an aromatic ring is 1. The van der Waals surface area contributed by atoms with E-state index in [9.17, 15) is 17.6 Å². The van der Waals surface area contributed by atoms with E-state index in [1.807, 2.05) is 0 Å². The lowest BCUT2D eigenvalue weighted by Gasteiger charge is -2.23. The molecule has 1 atom stereocenters. The highest BCUT2D eigenvalue weighted by Gasteiger charge is 2.30. The monoisotopic (exact) mass is 399 g/mol. The summed E-state index contributed by atoms with van der Waals surface area (Å²) in [4.78, 5) is 10.9. The maximum atomic E-state index is 14.1. The van der Waals surface area contributed by atoms with E-state index >= 15 is 0 Å². The molecule has 21 heavy (non-hydrogen) atoms. The predicted molar refractivity (Wildman–Crippen MR) is 79.9 cm³/mol. The number of piperidine rings is 1. The van der Waals surface area contributed by atoms with Crippen LogP contribution in [0.25, 0.3) is 0 Å². The molecule has 1 aliphatic rings. The summed E-state index contributed by atoms with van der Waals surface area (Å²) in [5.74, 6) is -1.56. The van der Waals surface area contributed by atoms with Gasteiger partial charge in [0.2, 0.25) is 15.9 Å². The van der Waals surface area contributed by atoms with Gasteiger partial charge >= 0.3 is 0 Å². The maximum absolute atomic E-state index is 14.1. The van der Waals surface area contributed by atoms with Gasteiger partial charge in [-0.25, -0.2) is 12.8 Å². The maximum Gasteiger partial charge on any atom is 0.244 e. The third kappa shape index (κ3) is 3.31. The molecule has 1 aromatic rings. The third-order valence-corrected chi connectivity index (χ3v) is 5.88. The van der Waals surface area contributed by atoms with Crippen molar-refractivity contribution in [3.63, 3.8) is 0 Å². The molecule has 1 unspecified atom stereocenters. The van der Waals surface area contributed by atoms with Gasteiger partial charge in [-0.1, -0.05) is 11.6 Å². The number of hydrogen-bond acceptors (Lipinski definition) is 4. The number of carbonyl (C=O) groups excluding carboxylic acids is 1. The van der Waals surface area contributed by atoms with E-state index in [0.29, 0.717) is 19.4 Å². The Morgan fingerprint density at radius 1 is 1.52 bits per heavy atom. The number of nitrogens with two attached hydrogens (primary N) is 1. The van der Waals surface area contributed by atoms with Crippen molar-refractivity contribution in [3.05, 3.63) is 21.4 Å². The fourth-order valence-electron chi connectivity index (χ4n) is 1.93. The second kappa shape index (κ2) is 6.07. The van der Waals surface area contributed by atoms with E-state index in [0.717, 1.165) is 6.07 Å². The van der Waals surface area contributed by atoms with Gasteiger partial charge < -0.3 is 11.1 Å². The minimum Gasteiger partial charge on any atom is -0.395 e. The van der Waals surface area contributed by atoms with Gasteiger partial charge in [-0.3, -0.25) is 4.79 Å². The molecule has 1 aromatic carbocycles. The summed E-state index contributed by atoms with van der Waals surface area (Å²) in [6.45, 7) is 0.489. The summed E-state index contributed by atoms with van der Waals surface area (Å²) in [6.07, 6.45) is 0.969. The first-order valence-corrected chi connectivity index (χ1v) is 8.62. The molecule has 0 radical (unpaired) electrons. The van der Waals surface area contributed by atoms with E-state index in [-0.39, 0.29) is 9.50 Å². The summed E-state index contributed by atoms with van der Waals surface area (Å²) in [5.41, 5.74) is 5.06. The standard InChI is InChI=1S/C11H12BrClFN3O3S/c12-8-5(13)4-7(9(14)10(8)15)21(19,20)17-6-2-1-3-16-11(6)18/h4,6,17H,1-3,15H2,(H,16,18). The first-order chi connectivity index (χ1) is 9.74. The van der Waals surface area contributed by atoms with Crippen LogP contribution >= 0.6 is 27.5 Å². The van der Waals surface area contributed by atoms with Crippen molar-refractivity contribution < 1.29 is 17.6 Å². The van der Waals surface area contributed by atoms with Crippen LogP contribution in [0, 0.1) is 5.82 Å². The topological polar surface area (TPSA) is 101 Å². The third-order valence-electron chi connectivity index (χ3n) is 3.03. The zero-order chi connectivity index (χ0) is 15.8. The van der Waals surface area contributed by atoms with Gasteiger partial charge in [0.05, 0.1) is 15.2 Å². The Morgan fingerprint density at radius 2 is 2.19 bits per heavy atom. The number of nitrogens with one attached hydrogen (secondary N) is 2. The van der Waals surface area contributed by atoms with Gasteiger partial charge in [-0.05, 0) is 34.8 Å². The van der Waals surface area contributed by atoms with Crippen LogP contribution < -0.4 is 15.8 Å². The average Bonchev–Trinajstić information content (AvgIpc) is 2.42. The molecule has 4 N–H and O–H groups in total. The molecule has 0 aliphatic carbocycles. The molecule has 116 valence electrons. The zero-order valence-corrected chi connectivity index (χ0v) is 13.8. The Kier molecular flexibility index (Phi) is 4.76. The van der Waals surface area contributed by atoms with Crippen LogP contribution in [0.4, 0.5) is 10.1 Å². The predicted octanol–water partition coefficient (Wildman–Crippen LogP) is 1.38. The largest absolute Gasteiger partial charge is 0.395 e.